The number of aliphatic imine (C=N–C) groups is 1. The lowest BCUT2D eigenvalue weighted by molar-refractivity contribution is 0.818. The van der Waals surface area contributed by atoms with Gasteiger partial charge in [-0.25, -0.2) is 0 Å². The smallest absolute Gasteiger partial charge is 0.207 e. The Kier molecular flexibility index (Phi) is 15.7. The molecule has 16 heavy (non-hydrogen) atoms. The second-order valence-electron chi connectivity index (χ2n) is 2.39. The van der Waals surface area contributed by atoms with Crippen molar-refractivity contribution >= 4 is 6.34 Å². The highest BCUT2D eigenvalue weighted by molar-refractivity contribution is 5.52. The molecule has 0 atom stereocenters. The van der Waals surface area contributed by atoms with Crippen molar-refractivity contribution in [2.45, 2.75) is 6.54 Å². The minimum absolute atomic E-state index is 0.944. The molecule has 0 heterocycles. The third-order valence-corrected chi connectivity index (χ3v) is 1.36. The first kappa shape index (κ1) is 16.3. The highest BCUT2D eigenvalue weighted by Gasteiger charge is 1.83. The van der Waals surface area contributed by atoms with Gasteiger partial charge in [0.15, 0.2) is 0 Å². The third-order valence-electron chi connectivity index (χ3n) is 1.36. The van der Waals surface area contributed by atoms with E-state index in [2.05, 4.69) is 41.3 Å². The Bertz CT molecular complexity index is 301. The topological polar surface area (TPSA) is 74.2 Å². The molecule has 1 aromatic rings. The normalized spacial score (nSPS) is 8.00. The minimum Gasteiger partial charge on any atom is -0.389 e. The second kappa shape index (κ2) is 15.4. The van der Waals surface area contributed by atoms with Crippen LogP contribution in [0.25, 0.3) is 0 Å². The van der Waals surface area contributed by atoms with E-state index in [1.165, 1.54) is 11.8 Å². The molecule has 0 aliphatic rings. The van der Waals surface area contributed by atoms with E-state index in [1.807, 2.05) is 25.2 Å². The molecule has 0 fully saturated rings. The molecule has 4 heteroatoms. The fourth-order valence-corrected chi connectivity index (χ4v) is 0.833. The van der Waals surface area contributed by atoms with Gasteiger partial charge >= 0.3 is 0 Å². The number of nitrogens with zero attached hydrogens (tertiary/aromatic N) is 2. The summed E-state index contributed by atoms with van der Waals surface area (Å²) < 4.78 is 0. The molecule has 1 rings (SSSR count). The van der Waals surface area contributed by atoms with E-state index in [0.717, 1.165) is 12.9 Å². The van der Waals surface area contributed by atoms with Gasteiger partial charge in [-0.1, -0.05) is 30.3 Å². The van der Waals surface area contributed by atoms with Crippen LogP contribution in [0, 0.1) is 11.5 Å². The molecule has 0 spiro atoms. The molecule has 0 amide bonds. The summed E-state index contributed by atoms with van der Waals surface area (Å²) in [5, 5.41) is 10.6. The molecule has 1 aromatic carbocycles. The molecule has 0 bridgehead atoms. The number of rotatable bonds is 2. The van der Waals surface area contributed by atoms with Crippen LogP contribution in [0.3, 0.4) is 0 Å². The molecule has 0 unspecified atom stereocenters. The zero-order valence-corrected chi connectivity index (χ0v) is 9.56. The summed E-state index contributed by atoms with van der Waals surface area (Å²) in [5.74, 6) is 0. The maximum atomic E-state index is 7.54. The van der Waals surface area contributed by atoms with Crippen LogP contribution >= 0.6 is 0 Å². The number of nitriles is 1. The highest BCUT2D eigenvalue weighted by Crippen LogP contribution is 1.95. The van der Waals surface area contributed by atoms with Gasteiger partial charge in [0.05, 0.1) is 6.34 Å². The van der Waals surface area contributed by atoms with Crippen LogP contribution in [0.2, 0.25) is 0 Å². The molecule has 86 valence electrons. The Morgan fingerprint density at radius 3 is 2.31 bits per heavy atom. The van der Waals surface area contributed by atoms with Crippen molar-refractivity contribution in [2.24, 2.45) is 10.7 Å². The van der Waals surface area contributed by atoms with Gasteiger partial charge < -0.3 is 11.1 Å². The quantitative estimate of drug-likeness (QED) is 0.343. The lowest BCUT2D eigenvalue weighted by Gasteiger charge is -1.95. The molecule has 0 saturated heterocycles. The fourth-order valence-electron chi connectivity index (χ4n) is 0.833. The Morgan fingerprint density at radius 2 is 2.00 bits per heavy atom. The van der Waals surface area contributed by atoms with Crippen LogP contribution < -0.4 is 11.1 Å². The molecule has 4 nitrogen and oxygen atoms in total. The van der Waals surface area contributed by atoms with Crippen LogP contribution in [0.15, 0.2) is 48.5 Å². The predicted octanol–water partition coefficient (Wildman–Crippen LogP) is 1.66. The molecular formula is C12H18N4. The van der Waals surface area contributed by atoms with Crippen LogP contribution in [-0.2, 0) is 6.54 Å². The zero-order valence-electron chi connectivity index (χ0n) is 9.56. The van der Waals surface area contributed by atoms with Crippen molar-refractivity contribution in [3.63, 3.8) is 0 Å². The van der Waals surface area contributed by atoms with E-state index in [0.29, 0.717) is 0 Å². The third kappa shape index (κ3) is 11.9. The Morgan fingerprint density at radius 1 is 1.44 bits per heavy atom. The molecule has 0 aromatic heterocycles. The van der Waals surface area contributed by atoms with Crippen LogP contribution in [-0.4, -0.2) is 13.4 Å². The molecule has 3 N–H and O–H groups in total. The molecule has 0 aliphatic carbocycles. The molecule has 0 aliphatic heterocycles. The lowest BCUT2D eigenvalue weighted by Crippen LogP contribution is -2.04. The van der Waals surface area contributed by atoms with Crippen molar-refractivity contribution in [3.8, 4) is 6.19 Å². The summed E-state index contributed by atoms with van der Waals surface area (Å²) in [6.45, 7) is 6.96. The highest BCUT2D eigenvalue weighted by atomic mass is 14.8. The average Bonchev–Trinajstić information content (AvgIpc) is 2.35. The van der Waals surface area contributed by atoms with Gasteiger partial charge in [-0.2, -0.15) is 10.3 Å². The molecule has 0 radical (unpaired) electrons. The first-order chi connectivity index (χ1) is 7.85. The van der Waals surface area contributed by atoms with Crippen molar-refractivity contribution < 1.29 is 0 Å². The van der Waals surface area contributed by atoms with Gasteiger partial charge in [-0.3, -0.25) is 0 Å². The summed E-state index contributed by atoms with van der Waals surface area (Å²) in [7, 11) is 1.95. The van der Waals surface area contributed by atoms with Gasteiger partial charge in [0.25, 0.3) is 0 Å². The number of nitrogens with two attached hydrogens (primary N) is 1. The number of nitrogens with one attached hydrogen (secondary N) is 1. The average molecular weight is 218 g/mol. The van der Waals surface area contributed by atoms with E-state index >= 15 is 0 Å². The van der Waals surface area contributed by atoms with Gasteiger partial charge in [-0.15, -0.1) is 13.2 Å². The van der Waals surface area contributed by atoms with Gasteiger partial charge in [0, 0.05) is 6.54 Å². The van der Waals surface area contributed by atoms with Crippen molar-refractivity contribution in [1.29, 1.82) is 5.26 Å². The van der Waals surface area contributed by atoms with Gasteiger partial charge in [-0.05, 0) is 12.6 Å². The first-order valence-corrected chi connectivity index (χ1v) is 4.66. The van der Waals surface area contributed by atoms with E-state index < -0.39 is 0 Å². The second-order valence-corrected chi connectivity index (χ2v) is 2.39. The first-order valence-electron chi connectivity index (χ1n) is 4.66. The summed E-state index contributed by atoms with van der Waals surface area (Å²) in [5.41, 5.74) is 5.96. The monoisotopic (exact) mass is 218 g/mol. The summed E-state index contributed by atoms with van der Waals surface area (Å²) >= 11 is 0. The molecular weight excluding hydrogens is 200 g/mol. The lowest BCUT2D eigenvalue weighted by atomic mass is 10.2. The SMILES string of the molecule is C=C.CNCc1ccccc1.N#CN=CN. The number of hydrogen-bond donors (Lipinski definition) is 2. The van der Waals surface area contributed by atoms with Crippen LogP contribution in [0.5, 0.6) is 0 Å². The van der Waals surface area contributed by atoms with Crippen molar-refractivity contribution in [3.05, 3.63) is 49.1 Å². The number of hydrogen-bond acceptors (Lipinski definition) is 3. The van der Waals surface area contributed by atoms with E-state index in [1.54, 1.807) is 0 Å². The predicted molar refractivity (Wildman–Crippen MR) is 68.8 cm³/mol. The number of benzene rings is 1. The van der Waals surface area contributed by atoms with Crippen LogP contribution in [0.1, 0.15) is 5.56 Å². The fraction of sp³-hybridized carbons (Fsp3) is 0.167. The zero-order chi connectivity index (χ0) is 12.6. The maximum absolute atomic E-state index is 7.54. The van der Waals surface area contributed by atoms with Gasteiger partial charge in [0.2, 0.25) is 6.19 Å². The summed E-state index contributed by atoms with van der Waals surface area (Å²) in [6.07, 6.45) is 2.41. The Hall–Kier alpha value is -2.12. The minimum atomic E-state index is 0.944. The maximum Gasteiger partial charge on any atom is 0.207 e. The van der Waals surface area contributed by atoms with Gasteiger partial charge in [0.1, 0.15) is 0 Å². The van der Waals surface area contributed by atoms with Crippen molar-refractivity contribution in [2.75, 3.05) is 7.05 Å². The molecule has 0 saturated carbocycles. The summed E-state index contributed by atoms with van der Waals surface area (Å²) in [6, 6.07) is 10.3. The Labute approximate surface area is 97.1 Å². The van der Waals surface area contributed by atoms with E-state index in [9.17, 15) is 0 Å². The van der Waals surface area contributed by atoms with E-state index in [-0.39, 0.29) is 0 Å². The standard InChI is InChI=1S/C8H11N.C2H3N3.C2H4/c1-9-7-8-5-3-2-4-6-8;3-1-5-2-4;1-2/h2-6,9H,7H2,1H3;1H,(H2,3,5);1-2H2. The largest absolute Gasteiger partial charge is 0.389 e. The van der Waals surface area contributed by atoms with Crippen molar-refractivity contribution in [1.82, 2.24) is 5.32 Å². The Balaban J connectivity index is 0. The van der Waals surface area contributed by atoms with Crippen LogP contribution in [0.4, 0.5) is 0 Å². The summed E-state index contributed by atoms with van der Waals surface area (Å²) in [4.78, 5) is 2.93. The van der Waals surface area contributed by atoms with E-state index in [4.69, 9.17) is 5.26 Å².